The predicted molar refractivity (Wildman–Crippen MR) is 304 cm³/mol. The minimum Gasteiger partial charge on any atom is -0.256 e. The molecule has 0 radical (unpaired) electrons. The molecule has 0 spiro atoms. The SMILES string of the molecule is c1cnc2c3c(c4ncccc4c2c1)N=C(c1ccc(-c2cc(-c4ccc(C5=Nc6c(c7ncccc7c7cccnc67)C5)cc4)cc(-c4ccc(C5=Nc6c(c7ncccc7c7cccnc67)C5)cc4)c2)cc1)C3. The van der Waals surface area contributed by atoms with E-state index in [9.17, 15) is 0 Å². The molecule has 0 N–H and O–H groups in total. The molecule has 3 aliphatic rings. The summed E-state index contributed by atoms with van der Waals surface area (Å²) in [6.07, 6.45) is 13.2. The fourth-order valence-electron chi connectivity index (χ4n) is 11.9. The summed E-state index contributed by atoms with van der Waals surface area (Å²) in [6, 6.07) is 58.2. The van der Waals surface area contributed by atoms with Crippen LogP contribution in [0.2, 0.25) is 0 Å². The Labute approximate surface area is 429 Å². The Morgan fingerprint density at radius 2 is 0.453 bits per heavy atom. The highest BCUT2D eigenvalue weighted by atomic mass is 14.9. The van der Waals surface area contributed by atoms with E-state index in [-0.39, 0.29) is 0 Å². The lowest BCUT2D eigenvalue weighted by Crippen LogP contribution is -2.01. The molecule has 348 valence electrons. The average molecular weight is 958 g/mol. The Morgan fingerprint density at radius 1 is 0.227 bits per heavy atom. The monoisotopic (exact) mass is 957 g/mol. The lowest BCUT2D eigenvalue weighted by atomic mass is 9.91. The van der Waals surface area contributed by atoms with E-state index in [1.165, 1.54) is 0 Å². The first-order valence-electron chi connectivity index (χ1n) is 25.3. The van der Waals surface area contributed by atoms with Crippen molar-refractivity contribution in [3.63, 3.8) is 0 Å². The van der Waals surface area contributed by atoms with E-state index >= 15 is 0 Å². The Kier molecular flexibility index (Phi) is 9.02. The second-order valence-corrected chi connectivity index (χ2v) is 19.6. The molecule has 0 saturated heterocycles. The molecule has 75 heavy (non-hydrogen) atoms. The van der Waals surface area contributed by atoms with Gasteiger partial charge in [0, 0.05) is 105 Å². The van der Waals surface area contributed by atoms with Crippen LogP contribution in [0.4, 0.5) is 17.1 Å². The standard InChI is InChI=1S/C66H39N9/c1-7-46-49-10-4-28-70-61(49)64-52(58(46)67-25-1)34-55(73-64)40-19-13-37(14-20-40)43-31-44(38-15-21-41(22-16-38)56-35-53-59-47(8-2-26-68-59)50-11-5-29-71-62(50)65(53)74-56)33-45(32-43)39-17-23-42(24-18-39)57-36-54-60-48(9-3-27-69-60)51-12-6-30-72-63(51)66(54)75-57/h1-33H,34-36H2. The molecular weight excluding hydrogens is 919 g/mol. The van der Waals surface area contributed by atoms with Gasteiger partial charge in [0.2, 0.25) is 0 Å². The molecule has 0 atom stereocenters. The van der Waals surface area contributed by atoms with Crippen LogP contribution in [-0.4, -0.2) is 47.0 Å². The molecule has 3 aliphatic heterocycles. The first-order chi connectivity index (χ1) is 37.1. The minimum atomic E-state index is 0.694. The molecule has 9 heterocycles. The van der Waals surface area contributed by atoms with Crippen LogP contribution in [0, 0.1) is 0 Å². The van der Waals surface area contributed by atoms with E-state index in [0.29, 0.717) is 19.3 Å². The van der Waals surface area contributed by atoms with Crippen LogP contribution < -0.4 is 0 Å². The maximum atomic E-state index is 5.24. The maximum Gasteiger partial charge on any atom is 0.0969 e. The topological polar surface area (TPSA) is 114 Å². The average Bonchev–Trinajstić information content (AvgIpc) is 4.27. The van der Waals surface area contributed by atoms with Gasteiger partial charge in [-0.3, -0.25) is 29.9 Å². The van der Waals surface area contributed by atoms with E-state index in [0.717, 1.165) is 166 Å². The van der Waals surface area contributed by atoms with E-state index in [2.05, 4.69) is 127 Å². The van der Waals surface area contributed by atoms with Gasteiger partial charge in [0.15, 0.2) is 0 Å². The number of benzene rings is 7. The zero-order valence-corrected chi connectivity index (χ0v) is 40.2. The van der Waals surface area contributed by atoms with Gasteiger partial charge in [0.1, 0.15) is 0 Å². The van der Waals surface area contributed by atoms with Crippen molar-refractivity contribution in [2.45, 2.75) is 19.3 Å². The third kappa shape index (κ3) is 6.54. The van der Waals surface area contributed by atoms with Crippen molar-refractivity contribution in [1.82, 2.24) is 29.9 Å². The second-order valence-electron chi connectivity index (χ2n) is 19.6. The molecule has 0 saturated carbocycles. The molecule has 16 rings (SSSR count). The van der Waals surface area contributed by atoms with Crippen molar-refractivity contribution in [3.05, 3.63) is 234 Å². The molecule has 0 unspecified atom stereocenters. The summed E-state index contributed by atoms with van der Waals surface area (Å²) in [5, 5.41) is 6.55. The van der Waals surface area contributed by atoms with Crippen molar-refractivity contribution in [1.29, 1.82) is 0 Å². The summed E-state index contributed by atoms with van der Waals surface area (Å²) in [7, 11) is 0. The van der Waals surface area contributed by atoms with Crippen LogP contribution in [0.5, 0.6) is 0 Å². The van der Waals surface area contributed by atoms with Gasteiger partial charge < -0.3 is 0 Å². The molecule has 0 fully saturated rings. The largest absolute Gasteiger partial charge is 0.256 e. The van der Waals surface area contributed by atoms with E-state index in [4.69, 9.17) is 44.9 Å². The zero-order chi connectivity index (χ0) is 49.1. The Bertz CT molecular complexity index is 4220. The summed E-state index contributed by atoms with van der Waals surface area (Å²) in [5.41, 5.74) is 24.9. The molecule has 0 amide bonds. The molecule has 13 aromatic rings. The van der Waals surface area contributed by atoms with Crippen LogP contribution in [-0.2, 0) is 19.3 Å². The fourth-order valence-corrected chi connectivity index (χ4v) is 11.9. The van der Waals surface area contributed by atoms with Gasteiger partial charge in [-0.25, -0.2) is 15.0 Å². The Hall–Kier alpha value is -9.99. The van der Waals surface area contributed by atoms with E-state index in [1.807, 2.05) is 73.6 Å². The first-order valence-corrected chi connectivity index (χ1v) is 25.3. The summed E-state index contributed by atoms with van der Waals surface area (Å²) < 4.78 is 0. The van der Waals surface area contributed by atoms with Crippen molar-refractivity contribution >= 4 is 99.6 Å². The van der Waals surface area contributed by atoms with Crippen LogP contribution in [0.3, 0.4) is 0 Å². The van der Waals surface area contributed by atoms with Crippen molar-refractivity contribution in [2.24, 2.45) is 15.0 Å². The van der Waals surface area contributed by atoms with Gasteiger partial charge in [0.05, 0.1) is 67.3 Å². The van der Waals surface area contributed by atoms with Crippen molar-refractivity contribution < 1.29 is 0 Å². The number of pyridine rings is 6. The lowest BCUT2D eigenvalue weighted by molar-refractivity contribution is 1.33. The van der Waals surface area contributed by atoms with Gasteiger partial charge >= 0.3 is 0 Å². The Morgan fingerprint density at radius 3 is 0.720 bits per heavy atom. The number of hydrogen-bond acceptors (Lipinski definition) is 9. The van der Waals surface area contributed by atoms with Crippen molar-refractivity contribution in [3.8, 4) is 33.4 Å². The van der Waals surface area contributed by atoms with Crippen LogP contribution >= 0.6 is 0 Å². The number of nitrogens with zero attached hydrogens (tertiary/aromatic N) is 9. The Balaban J connectivity index is 0.760. The van der Waals surface area contributed by atoms with Gasteiger partial charge in [-0.15, -0.1) is 0 Å². The van der Waals surface area contributed by atoms with Gasteiger partial charge in [0.25, 0.3) is 0 Å². The molecule has 9 nitrogen and oxygen atoms in total. The number of aromatic nitrogens is 6. The number of rotatable bonds is 6. The second kappa shape index (κ2) is 16.3. The summed E-state index contributed by atoms with van der Waals surface area (Å²) in [5.74, 6) is 0. The van der Waals surface area contributed by atoms with Crippen LogP contribution in [0.15, 0.2) is 216 Å². The smallest absolute Gasteiger partial charge is 0.0969 e. The number of hydrogen-bond donors (Lipinski definition) is 0. The lowest BCUT2D eigenvalue weighted by Gasteiger charge is -2.13. The molecular formula is C66H39N9. The molecule has 9 heteroatoms. The van der Waals surface area contributed by atoms with Crippen molar-refractivity contribution in [2.75, 3.05) is 0 Å². The zero-order valence-electron chi connectivity index (χ0n) is 40.2. The molecule has 7 aromatic carbocycles. The highest BCUT2D eigenvalue weighted by molar-refractivity contribution is 6.21. The van der Waals surface area contributed by atoms with E-state index in [1.54, 1.807) is 0 Å². The first kappa shape index (κ1) is 41.6. The maximum absolute atomic E-state index is 5.24. The van der Waals surface area contributed by atoms with Crippen LogP contribution in [0.1, 0.15) is 33.4 Å². The van der Waals surface area contributed by atoms with Gasteiger partial charge in [-0.1, -0.05) is 109 Å². The predicted octanol–water partition coefficient (Wildman–Crippen LogP) is 15.0. The normalized spacial score (nSPS) is 13.7. The van der Waals surface area contributed by atoms with Gasteiger partial charge in [-0.2, -0.15) is 0 Å². The number of aliphatic imine (C=N–C) groups is 3. The minimum absolute atomic E-state index is 0.694. The molecule has 0 aliphatic carbocycles. The highest BCUT2D eigenvalue weighted by Crippen LogP contribution is 2.45. The summed E-state index contributed by atoms with van der Waals surface area (Å²) in [6.45, 7) is 0. The summed E-state index contributed by atoms with van der Waals surface area (Å²) in [4.78, 5) is 44.6. The molecule has 0 bridgehead atoms. The number of fused-ring (bicyclic) bond motifs is 18. The molecule has 6 aromatic heterocycles. The quantitative estimate of drug-likeness (QED) is 0.153. The van der Waals surface area contributed by atoms with E-state index < -0.39 is 0 Å². The third-order valence-electron chi connectivity index (χ3n) is 15.5. The highest BCUT2D eigenvalue weighted by Gasteiger charge is 2.27. The third-order valence-corrected chi connectivity index (χ3v) is 15.5. The summed E-state index contributed by atoms with van der Waals surface area (Å²) >= 11 is 0. The van der Waals surface area contributed by atoms with Crippen LogP contribution in [0.25, 0.3) is 98.8 Å². The fraction of sp³-hybridized carbons (Fsp3) is 0.0455. The van der Waals surface area contributed by atoms with Gasteiger partial charge in [-0.05, 0) is 105 Å².